The van der Waals surface area contributed by atoms with Gasteiger partial charge in [0.15, 0.2) is 18.2 Å². The molecule has 14 atom stereocenters. The summed E-state index contributed by atoms with van der Waals surface area (Å²) >= 11 is 0. The van der Waals surface area contributed by atoms with Crippen molar-refractivity contribution in [2.24, 2.45) is 50.7 Å². The summed E-state index contributed by atoms with van der Waals surface area (Å²) in [7, 11) is 0. The van der Waals surface area contributed by atoms with Crippen molar-refractivity contribution >= 4 is 11.8 Å². The van der Waals surface area contributed by atoms with Crippen molar-refractivity contribution in [3.05, 3.63) is 0 Å². The standard InChI is InChI=1S/C40H63NO8/c1-23-20-27(33(24(2)42)47-25(3)43)48-34-32(23)37(6)14-15-40-22-39(40)13-10-30(36(4,5)28(39)8-9-29(40)38(37,7)35(34)44)49-31-21-41(16-19-46-31)26-11-17-45-18-12-26/h23-24,26-34,42H,8-22H2,1-7H3/t23?,24?,27-,28+,29+,30+,31+,32?,33-,34+,37-,38-,39-,40+/m1/s1. The molecule has 8 rings (SSSR count). The van der Waals surface area contributed by atoms with Gasteiger partial charge < -0.3 is 28.8 Å². The fraction of sp³-hybridized carbons (Fsp3) is 0.950. The van der Waals surface area contributed by atoms with Gasteiger partial charge in [-0.05, 0) is 111 Å². The van der Waals surface area contributed by atoms with Crippen LogP contribution in [0.5, 0.6) is 0 Å². The number of hydrogen-bond donors (Lipinski definition) is 1. The van der Waals surface area contributed by atoms with E-state index >= 15 is 0 Å². The molecule has 276 valence electrons. The molecule has 9 heteroatoms. The van der Waals surface area contributed by atoms with Crippen LogP contribution in [0.3, 0.4) is 0 Å². The van der Waals surface area contributed by atoms with E-state index in [2.05, 4.69) is 39.5 Å². The predicted octanol–water partition coefficient (Wildman–Crippen LogP) is 5.54. The summed E-state index contributed by atoms with van der Waals surface area (Å²) < 4.78 is 31.2. The van der Waals surface area contributed by atoms with Gasteiger partial charge in [0.1, 0.15) is 6.10 Å². The lowest BCUT2D eigenvalue weighted by molar-refractivity contribution is -0.250. The number of morpholine rings is 1. The lowest BCUT2D eigenvalue weighted by Crippen LogP contribution is -2.60. The molecule has 5 saturated carbocycles. The number of carbonyl (C=O) groups excluding carboxylic acids is 2. The normalized spacial score (nSPS) is 50.6. The monoisotopic (exact) mass is 685 g/mol. The van der Waals surface area contributed by atoms with Gasteiger partial charge in [0.2, 0.25) is 0 Å². The number of hydrogen-bond acceptors (Lipinski definition) is 9. The van der Waals surface area contributed by atoms with Gasteiger partial charge in [-0.2, -0.15) is 0 Å². The highest BCUT2D eigenvalue weighted by Crippen LogP contribution is 2.89. The van der Waals surface area contributed by atoms with Crippen LogP contribution in [0, 0.1) is 50.7 Å². The highest BCUT2D eigenvalue weighted by molar-refractivity contribution is 5.93. The number of ether oxygens (including phenoxy) is 5. The summed E-state index contributed by atoms with van der Waals surface area (Å²) in [6.07, 6.45) is 8.19. The van der Waals surface area contributed by atoms with Crippen LogP contribution < -0.4 is 0 Å². The highest BCUT2D eigenvalue weighted by Gasteiger charge is 2.85. The zero-order chi connectivity index (χ0) is 34.7. The van der Waals surface area contributed by atoms with Crippen LogP contribution in [0.2, 0.25) is 0 Å². The van der Waals surface area contributed by atoms with E-state index in [1.807, 2.05) is 0 Å². The molecule has 49 heavy (non-hydrogen) atoms. The summed E-state index contributed by atoms with van der Waals surface area (Å²) in [6, 6.07) is 0.571. The zero-order valence-corrected chi connectivity index (χ0v) is 31.2. The number of esters is 1. The van der Waals surface area contributed by atoms with Crippen molar-refractivity contribution in [1.82, 2.24) is 4.90 Å². The van der Waals surface area contributed by atoms with Crippen LogP contribution >= 0.6 is 0 Å². The minimum Gasteiger partial charge on any atom is -0.457 e. The van der Waals surface area contributed by atoms with Gasteiger partial charge >= 0.3 is 5.97 Å². The molecule has 0 aromatic rings. The molecule has 0 amide bonds. The van der Waals surface area contributed by atoms with E-state index in [1.54, 1.807) is 6.92 Å². The first-order chi connectivity index (χ1) is 23.2. The molecular weight excluding hydrogens is 622 g/mol. The fourth-order valence-corrected chi connectivity index (χ4v) is 14.4. The number of ketones is 1. The Balaban J connectivity index is 1.01. The molecule has 3 saturated heterocycles. The molecule has 3 heterocycles. The first kappa shape index (κ1) is 35.0. The number of rotatable bonds is 6. The molecule has 0 radical (unpaired) electrons. The van der Waals surface area contributed by atoms with E-state index in [4.69, 9.17) is 23.7 Å². The predicted molar refractivity (Wildman–Crippen MR) is 182 cm³/mol. The quantitative estimate of drug-likeness (QED) is 0.361. The van der Waals surface area contributed by atoms with E-state index in [-0.39, 0.29) is 51.7 Å². The number of nitrogens with zero attached hydrogens (tertiary/aromatic N) is 1. The Morgan fingerprint density at radius 2 is 1.69 bits per heavy atom. The van der Waals surface area contributed by atoms with E-state index in [0.29, 0.717) is 24.3 Å². The average molecular weight is 686 g/mol. The maximum absolute atomic E-state index is 15.0. The Morgan fingerprint density at radius 1 is 0.980 bits per heavy atom. The lowest BCUT2D eigenvalue weighted by Gasteiger charge is -2.62. The van der Waals surface area contributed by atoms with Gasteiger partial charge in [0.25, 0.3) is 0 Å². The molecule has 3 unspecified atom stereocenters. The van der Waals surface area contributed by atoms with E-state index in [9.17, 15) is 14.7 Å². The van der Waals surface area contributed by atoms with Crippen molar-refractivity contribution in [3.8, 4) is 0 Å². The minimum absolute atomic E-state index is 0.0317. The second-order valence-corrected chi connectivity index (χ2v) is 18.9. The topological polar surface area (TPSA) is 104 Å². The Morgan fingerprint density at radius 3 is 2.41 bits per heavy atom. The smallest absolute Gasteiger partial charge is 0.303 e. The first-order valence-electron chi connectivity index (χ1n) is 19.8. The third kappa shape index (κ3) is 4.90. The molecular formula is C40H63NO8. The van der Waals surface area contributed by atoms with E-state index < -0.39 is 35.8 Å². The van der Waals surface area contributed by atoms with E-state index in [0.717, 1.165) is 71.4 Å². The van der Waals surface area contributed by atoms with Crippen LogP contribution in [0.25, 0.3) is 0 Å². The van der Waals surface area contributed by atoms with Crippen LogP contribution in [0.4, 0.5) is 0 Å². The molecule has 2 spiro atoms. The maximum Gasteiger partial charge on any atom is 0.303 e. The SMILES string of the molecule is CC(=O)O[C@H](C(C)O)[C@H]1CC(C)C2[C@H](O1)C(=O)[C@@]1(C)[C@@H]3CC[C@H]4C(C)(C)[C@@H](O[C@H]5CN(C6CCOCC6)CCO5)CC[C@@]45C[C@@]35CC[C@]21C. The molecule has 1 N–H and O–H groups in total. The number of aliphatic hydroxyl groups excluding tert-OH is 1. The summed E-state index contributed by atoms with van der Waals surface area (Å²) in [5.41, 5.74) is -0.0803. The first-order valence-corrected chi connectivity index (χ1v) is 19.8. The van der Waals surface area contributed by atoms with Crippen molar-refractivity contribution in [2.45, 2.75) is 156 Å². The van der Waals surface area contributed by atoms with Crippen molar-refractivity contribution in [1.29, 1.82) is 0 Å². The molecule has 0 bridgehead atoms. The Hall–Kier alpha value is -1.10. The van der Waals surface area contributed by atoms with Crippen LogP contribution in [0.1, 0.15) is 113 Å². The van der Waals surface area contributed by atoms with Gasteiger partial charge in [-0.3, -0.25) is 14.5 Å². The molecule has 9 nitrogen and oxygen atoms in total. The largest absolute Gasteiger partial charge is 0.457 e. The average Bonchev–Trinajstić information content (AvgIpc) is 3.70. The van der Waals surface area contributed by atoms with Crippen LogP contribution in [0.15, 0.2) is 0 Å². The van der Waals surface area contributed by atoms with Crippen molar-refractivity contribution in [3.63, 3.8) is 0 Å². The lowest BCUT2D eigenvalue weighted by atomic mass is 9.41. The third-order valence-electron chi connectivity index (χ3n) is 16.7. The molecule has 8 fully saturated rings. The minimum atomic E-state index is -0.870. The van der Waals surface area contributed by atoms with Crippen molar-refractivity contribution < 1.29 is 38.4 Å². The van der Waals surface area contributed by atoms with Crippen LogP contribution in [-0.2, 0) is 33.3 Å². The van der Waals surface area contributed by atoms with Gasteiger partial charge in [0.05, 0.1) is 24.9 Å². The fourth-order valence-electron chi connectivity index (χ4n) is 14.4. The summed E-state index contributed by atoms with van der Waals surface area (Å²) in [5.74, 6) is 1.13. The molecule has 8 aliphatic rings. The summed E-state index contributed by atoms with van der Waals surface area (Å²) in [6.45, 7) is 19.2. The molecule has 5 aliphatic carbocycles. The van der Waals surface area contributed by atoms with E-state index in [1.165, 1.54) is 26.2 Å². The molecule has 0 aromatic carbocycles. The number of Topliss-reactive ketones (excluding diaryl/α,β-unsaturated/α-hetero) is 1. The van der Waals surface area contributed by atoms with Gasteiger partial charge in [-0.25, -0.2) is 0 Å². The Bertz CT molecular complexity index is 1310. The number of fused-ring (bicyclic) bond motifs is 4. The molecule has 0 aromatic heterocycles. The van der Waals surface area contributed by atoms with Gasteiger partial charge in [0, 0.05) is 50.6 Å². The summed E-state index contributed by atoms with van der Waals surface area (Å²) in [5, 5.41) is 10.6. The van der Waals surface area contributed by atoms with Gasteiger partial charge in [-0.1, -0.05) is 34.6 Å². The second kappa shape index (κ2) is 12.0. The zero-order valence-electron chi connectivity index (χ0n) is 31.2. The highest BCUT2D eigenvalue weighted by atomic mass is 16.7. The maximum atomic E-state index is 15.0. The number of aliphatic hydroxyl groups is 1. The van der Waals surface area contributed by atoms with Crippen molar-refractivity contribution in [2.75, 3.05) is 32.9 Å². The second-order valence-electron chi connectivity index (χ2n) is 18.9. The molecule has 3 aliphatic heterocycles. The third-order valence-corrected chi connectivity index (χ3v) is 16.7. The Labute approximate surface area is 293 Å². The number of carbonyl (C=O) groups is 2. The van der Waals surface area contributed by atoms with Crippen LogP contribution in [-0.4, -0.2) is 97.5 Å². The Kier molecular flexibility index (Phi) is 8.53. The van der Waals surface area contributed by atoms with Gasteiger partial charge in [-0.15, -0.1) is 0 Å². The summed E-state index contributed by atoms with van der Waals surface area (Å²) in [4.78, 5) is 29.5.